The molecule has 6 nitrogen and oxygen atoms in total. The summed E-state index contributed by atoms with van der Waals surface area (Å²) in [6.07, 6.45) is 5.30. The fraction of sp³-hybridized carbons (Fsp3) is 0.588. The van der Waals surface area contributed by atoms with Crippen LogP contribution < -0.4 is 10.6 Å². The van der Waals surface area contributed by atoms with Crippen LogP contribution in [0.1, 0.15) is 45.2 Å². The third kappa shape index (κ3) is 5.05. The van der Waals surface area contributed by atoms with E-state index in [4.69, 9.17) is 4.42 Å². The average molecular weight is 381 g/mol. The Labute approximate surface area is 156 Å². The predicted molar refractivity (Wildman–Crippen MR) is 101 cm³/mol. The second-order valence-electron chi connectivity index (χ2n) is 7.16. The SMILES string of the molecule is CC(C)(C)c1coc(CSc2cnc(NC(=O)C3CCNCC3)s2)n1. The predicted octanol–water partition coefficient (Wildman–Crippen LogP) is 3.66. The molecule has 0 radical (unpaired) electrons. The number of carbonyl (C=O) groups excluding carboxylic acids is 1. The summed E-state index contributed by atoms with van der Waals surface area (Å²) in [7, 11) is 0. The van der Waals surface area contributed by atoms with E-state index in [2.05, 4.69) is 41.4 Å². The van der Waals surface area contributed by atoms with Gasteiger partial charge in [0.1, 0.15) is 6.26 Å². The molecule has 1 aliphatic rings. The molecular formula is C17H24N4O2S2. The van der Waals surface area contributed by atoms with Crippen molar-refractivity contribution >= 4 is 34.1 Å². The van der Waals surface area contributed by atoms with E-state index in [1.165, 1.54) is 11.3 Å². The van der Waals surface area contributed by atoms with Crippen LogP contribution in [0.3, 0.4) is 0 Å². The van der Waals surface area contributed by atoms with Crippen molar-refractivity contribution in [2.24, 2.45) is 5.92 Å². The molecule has 1 fully saturated rings. The summed E-state index contributed by atoms with van der Waals surface area (Å²) in [6, 6.07) is 0. The summed E-state index contributed by atoms with van der Waals surface area (Å²) < 4.78 is 6.58. The van der Waals surface area contributed by atoms with Crippen molar-refractivity contribution in [3.05, 3.63) is 24.0 Å². The smallest absolute Gasteiger partial charge is 0.229 e. The van der Waals surface area contributed by atoms with Crippen LogP contribution in [0.2, 0.25) is 0 Å². The minimum absolute atomic E-state index is 0.0109. The maximum Gasteiger partial charge on any atom is 0.229 e. The van der Waals surface area contributed by atoms with Crippen molar-refractivity contribution in [1.82, 2.24) is 15.3 Å². The van der Waals surface area contributed by atoms with Crippen LogP contribution >= 0.6 is 23.1 Å². The van der Waals surface area contributed by atoms with E-state index in [9.17, 15) is 4.79 Å². The van der Waals surface area contributed by atoms with Crippen molar-refractivity contribution < 1.29 is 9.21 Å². The van der Waals surface area contributed by atoms with Crippen LogP contribution in [0, 0.1) is 5.92 Å². The van der Waals surface area contributed by atoms with Gasteiger partial charge < -0.3 is 15.1 Å². The summed E-state index contributed by atoms with van der Waals surface area (Å²) in [6.45, 7) is 8.15. The van der Waals surface area contributed by atoms with Gasteiger partial charge in [-0.1, -0.05) is 32.1 Å². The third-order valence-electron chi connectivity index (χ3n) is 4.08. The number of amides is 1. The first kappa shape index (κ1) is 18.4. The Kier molecular flexibility index (Phi) is 5.81. The first-order chi connectivity index (χ1) is 11.9. The van der Waals surface area contributed by atoms with Gasteiger partial charge in [-0.15, -0.1) is 11.8 Å². The third-order valence-corrected chi connectivity index (χ3v) is 6.17. The Morgan fingerprint density at radius 3 is 2.88 bits per heavy atom. The summed E-state index contributed by atoms with van der Waals surface area (Å²) in [5.74, 6) is 1.53. The lowest BCUT2D eigenvalue weighted by Crippen LogP contribution is -2.34. The molecule has 0 bridgehead atoms. The normalized spacial score (nSPS) is 16.1. The molecule has 3 heterocycles. The summed E-state index contributed by atoms with van der Waals surface area (Å²) in [4.78, 5) is 21.1. The number of nitrogens with zero attached hydrogens (tertiary/aromatic N) is 2. The standard InChI is InChI=1S/C17H24N4O2S2/c1-17(2,3)12-9-23-13(20-12)10-24-14-8-19-16(25-14)21-15(22)11-4-6-18-7-5-11/h8-9,11,18H,4-7,10H2,1-3H3,(H,19,21,22). The van der Waals surface area contributed by atoms with E-state index in [0.29, 0.717) is 16.8 Å². The maximum atomic E-state index is 12.2. The van der Waals surface area contributed by atoms with Crippen LogP contribution in [-0.4, -0.2) is 29.0 Å². The molecule has 0 atom stereocenters. The van der Waals surface area contributed by atoms with Crippen LogP contribution in [-0.2, 0) is 16.0 Å². The number of thiazole rings is 1. The van der Waals surface area contributed by atoms with E-state index in [-0.39, 0.29) is 17.2 Å². The number of carbonyl (C=O) groups is 1. The highest BCUT2D eigenvalue weighted by Crippen LogP contribution is 2.31. The number of piperidine rings is 1. The average Bonchev–Trinajstić information content (AvgIpc) is 3.22. The summed E-state index contributed by atoms with van der Waals surface area (Å²) in [5.41, 5.74) is 0.950. The Morgan fingerprint density at radius 1 is 1.44 bits per heavy atom. The number of hydrogen-bond donors (Lipinski definition) is 2. The number of nitrogens with one attached hydrogen (secondary N) is 2. The molecule has 1 amide bonds. The van der Waals surface area contributed by atoms with Crippen LogP contribution in [0.25, 0.3) is 0 Å². The lowest BCUT2D eigenvalue weighted by atomic mass is 9.93. The molecule has 0 saturated carbocycles. The van der Waals surface area contributed by atoms with Gasteiger partial charge in [-0.05, 0) is 25.9 Å². The Balaban J connectivity index is 1.51. The van der Waals surface area contributed by atoms with Gasteiger partial charge in [0, 0.05) is 11.3 Å². The zero-order valence-corrected chi connectivity index (χ0v) is 16.4. The molecule has 1 saturated heterocycles. The maximum absolute atomic E-state index is 12.2. The lowest BCUT2D eigenvalue weighted by Gasteiger charge is -2.20. The van der Waals surface area contributed by atoms with Crippen molar-refractivity contribution in [1.29, 1.82) is 0 Å². The second kappa shape index (κ2) is 7.88. The minimum atomic E-state index is -0.0109. The van der Waals surface area contributed by atoms with Gasteiger partial charge in [-0.3, -0.25) is 4.79 Å². The van der Waals surface area contributed by atoms with Crippen LogP contribution in [0.4, 0.5) is 5.13 Å². The van der Waals surface area contributed by atoms with E-state index < -0.39 is 0 Å². The van der Waals surface area contributed by atoms with E-state index >= 15 is 0 Å². The van der Waals surface area contributed by atoms with Crippen molar-refractivity contribution in [3.63, 3.8) is 0 Å². The number of rotatable bonds is 5. The van der Waals surface area contributed by atoms with Gasteiger partial charge in [-0.25, -0.2) is 9.97 Å². The fourth-order valence-corrected chi connectivity index (χ4v) is 4.26. The molecule has 0 spiro atoms. The lowest BCUT2D eigenvalue weighted by molar-refractivity contribution is -0.120. The Hall–Kier alpha value is -1.38. The molecule has 136 valence electrons. The molecule has 2 aromatic rings. The zero-order chi connectivity index (χ0) is 17.9. The highest BCUT2D eigenvalue weighted by atomic mass is 32.2. The number of oxazole rings is 1. The molecule has 0 unspecified atom stereocenters. The van der Waals surface area contributed by atoms with Crippen molar-refractivity contribution in [3.8, 4) is 0 Å². The van der Waals surface area contributed by atoms with Crippen LogP contribution in [0.15, 0.2) is 21.1 Å². The van der Waals surface area contributed by atoms with Gasteiger partial charge in [0.2, 0.25) is 11.8 Å². The summed E-state index contributed by atoms with van der Waals surface area (Å²) >= 11 is 3.11. The Morgan fingerprint density at radius 2 is 2.20 bits per heavy atom. The highest BCUT2D eigenvalue weighted by molar-refractivity contribution is 8.00. The van der Waals surface area contributed by atoms with Crippen molar-refractivity contribution in [2.45, 2.75) is 49.0 Å². The molecule has 8 heteroatoms. The zero-order valence-electron chi connectivity index (χ0n) is 14.8. The van der Waals surface area contributed by atoms with Crippen molar-refractivity contribution in [2.75, 3.05) is 18.4 Å². The molecule has 1 aliphatic heterocycles. The quantitative estimate of drug-likeness (QED) is 0.771. The van der Waals surface area contributed by atoms with Crippen LogP contribution in [0.5, 0.6) is 0 Å². The number of thioether (sulfide) groups is 1. The highest BCUT2D eigenvalue weighted by Gasteiger charge is 2.22. The number of anilines is 1. The fourth-order valence-electron chi connectivity index (χ4n) is 2.53. The molecule has 25 heavy (non-hydrogen) atoms. The van der Waals surface area contributed by atoms with E-state index in [0.717, 1.165) is 35.8 Å². The van der Waals surface area contributed by atoms with E-state index in [1.807, 2.05) is 0 Å². The van der Waals surface area contributed by atoms with Gasteiger partial charge in [-0.2, -0.15) is 0 Å². The molecule has 0 aromatic carbocycles. The topological polar surface area (TPSA) is 80.0 Å². The second-order valence-corrected chi connectivity index (χ2v) is 9.47. The number of aromatic nitrogens is 2. The van der Waals surface area contributed by atoms with Gasteiger partial charge in [0.25, 0.3) is 0 Å². The molecule has 0 aliphatic carbocycles. The first-order valence-corrected chi connectivity index (χ1v) is 10.3. The summed E-state index contributed by atoms with van der Waals surface area (Å²) in [5, 5.41) is 6.87. The first-order valence-electron chi connectivity index (χ1n) is 8.47. The minimum Gasteiger partial charge on any atom is -0.448 e. The number of hydrogen-bond acceptors (Lipinski definition) is 7. The molecular weight excluding hydrogens is 356 g/mol. The molecule has 3 rings (SSSR count). The molecule has 2 aromatic heterocycles. The van der Waals surface area contributed by atoms with Gasteiger partial charge >= 0.3 is 0 Å². The van der Waals surface area contributed by atoms with Gasteiger partial charge in [0.05, 0.1) is 21.9 Å². The Bertz CT molecular complexity index is 714. The molecule has 2 N–H and O–H groups in total. The van der Waals surface area contributed by atoms with Gasteiger partial charge in [0.15, 0.2) is 5.13 Å². The van der Waals surface area contributed by atoms with E-state index in [1.54, 1.807) is 24.2 Å². The monoisotopic (exact) mass is 380 g/mol. The largest absolute Gasteiger partial charge is 0.448 e.